The predicted molar refractivity (Wildman–Crippen MR) is 94.2 cm³/mol. The molecule has 1 aromatic carbocycles. The number of benzene rings is 1. The van der Waals surface area contributed by atoms with Crippen LogP contribution in [0.25, 0.3) is 6.08 Å². The Morgan fingerprint density at radius 2 is 1.92 bits per heavy atom. The highest BCUT2D eigenvalue weighted by Crippen LogP contribution is 2.09. The third kappa shape index (κ3) is 5.10. The van der Waals surface area contributed by atoms with Gasteiger partial charge in [0.2, 0.25) is 6.29 Å². The normalized spacial score (nSPS) is 11.7. The Labute approximate surface area is 146 Å². The molecule has 0 spiro atoms. The van der Waals surface area contributed by atoms with Gasteiger partial charge in [-0.2, -0.15) is 0 Å². The van der Waals surface area contributed by atoms with Gasteiger partial charge in [-0.3, -0.25) is 14.6 Å². The molecular weight excluding hydrogens is 318 g/mol. The summed E-state index contributed by atoms with van der Waals surface area (Å²) in [6.07, 6.45) is 6.11. The van der Waals surface area contributed by atoms with Crippen LogP contribution in [0.1, 0.15) is 11.3 Å². The lowest BCUT2D eigenvalue weighted by molar-refractivity contribution is -0.116. The minimum Gasteiger partial charge on any atom is -0.341 e. The molecule has 0 bridgehead atoms. The molecule has 2 aromatic rings. The van der Waals surface area contributed by atoms with Crippen molar-refractivity contribution in [1.29, 1.82) is 0 Å². The molecule has 1 atom stereocenters. The van der Waals surface area contributed by atoms with Crippen LogP contribution in [0, 0.1) is 0 Å². The van der Waals surface area contributed by atoms with E-state index in [1.807, 2.05) is 30.3 Å². The Kier molecular flexibility index (Phi) is 6.59. The monoisotopic (exact) mass is 336 g/mol. The average molecular weight is 336 g/mol. The van der Waals surface area contributed by atoms with Crippen molar-refractivity contribution in [2.45, 2.75) is 12.6 Å². The van der Waals surface area contributed by atoms with Gasteiger partial charge >= 0.3 is 6.03 Å². The summed E-state index contributed by atoms with van der Waals surface area (Å²) in [6, 6.07) is 12.5. The Balaban J connectivity index is 2.20. The van der Waals surface area contributed by atoms with Crippen LogP contribution >= 0.6 is 0 Å². The second kappa shape index (κ2) is 9.12. The highest BCUT2D eigenvalue weighted by Gasteiger charge is 2.28. The molecule has 2 amide bonds. The molecule has 0 aliphatic carbocycles. The first-order valence-corrected chi connectivity index (χ1v) is 7.68. The van der Waals surface area contributed by atoms with E-state index in [1.54, 1.807) is 36.8 Å². The fourth-order valence-corrected chi connectivity index (χ4v) is 2.20. The van der Waals surface area contributed by atoms with Crippen LogP contribution in [0.15, 0.2) is 60.8 Å². The maximum atomic E-state index is 12.4. The average Bonchev–Trinajstić information content (AvgIpc) is 2.67. The van der Waals surface area contributed by atoms with Crippen LogP contribution in [0.2, 0.25) is 0 Å². The highest BCUT2D eigenvalue weighted by atomic mass is 16.2. The van der Waals surface area contributed by atoms with E-state index in [0.29, 0.717) is 5.69 Å². The van der Waals surface area contributed by atoms with E-state index in [1.165, 1.54) is 13.1 Å². The fourth-order valence-electron chi connectivity index (χ4n) is 2.20. The second-order valence-corrected chi connectivity index (χ2v) is 5.17. The number of hydrogen-bond acceptors (Lipinski definition) is 4. The smallest absolute Gasteiger partial charge is 0.318 e. The number of nitrogens with zero attached hydrogens (tertiary/aromatic N) is 2. The van der Waals surface area contributed by atoms with Crippen LogP contribution in [0.3, 0.4) is 0 Å². The maximum absolute atomic E-state index is 12.4. The maximum Gasteiger partial charge on any atom is 0.318 e. The lowest BCUT2D eigenvalue weighted by atomic mass is 10.1. The molecule has 127 valence electrons. The first-order valence-electron chi connectivity index (χ1n) is 7.68. The highest BCUT2D eigenvalue weighted by molar-refractivity contribution is 6.08. The van der Waals surface area contributed by atoms with Crippen LogP contribution in [-0.4, -0.2) is 41.1 Å². The molecule has 1 N–H and O–H groups in total. The van der Waals surface area contributed by atoms with E-state index in [-0.39, 0.29) is 6.54 Å². The number of pyridine rings is 1. The lowest BCUT2D eigenvalue weighted by Crippen LogP contribution is -2.48. The molecule has 1 aromatic heterocycles. The van der Waals surface area contributed by atoms with E-state index < -0.39 is 17.9 Å². The van der Waals surface area contributed by atoms with Crippen molar-refractivity contribution in [3.8, 4) is 0 Å². The van der Waals surface area contributed by atoms with Crippen molar-refractivity contribution < 1.29 is 14.4 Å². The number of nitrogens with one attached hydrogen (secondary N) is 1. The molecule has 0 fully saturated rings. The second-order valence-electron chi connectivity index (χ2n) is 5.17. The SMILES string of the molecule is CNC(=O)N(Cc1ccccn1)C([C]=O)C(=O)C=Cc1ccccc1. The molecule has 6 heteroatoms. The third-order valence-corrected chi connectivity index (χ3v) is 3.47. The first-order chi connectivity index (χ1) is 12.2. The van der Waals surface area contributed by atoms with Gasteiger partial charge in [0, 0.05) is 13.2 Å². The van der Waals surface area contributed by atoms with E-state index in [2.05, 4.69) is 10.3 Å². The summed E-state index contributed by atoms with van der Waals surface area (Å²) in [5, 5.41) is 2.43. The quantitative estimate of drug-likeness (QED) is 0.619. The molecule has 0 saturated carbocycles. The molecule has 1 heterocycles. The lowest BCUT2D eigenvalue weighted by Gasteiger charge is -2.25. The third-order valence-electron chi connectivity index (χ3n) is 3.47. The molecule has 6 nitrogen and oxygen atoms in total. The number of aromatic nitrogens is 1. The molecule has 0 aliphatic rings. The topological polar surface area (TPSA) is 79.4 Å². The number of urea groups is 1. The van der Waals surface area contributed by atoms with E-state index in [4.69, 9.17) is 0 Å². The van der Waals surface area contributed by atoms with Gasteiger partial charge in [-0.05, 0) is 23.8 Å². The number of amides is 2. The van der Waals surface area contributed by atoms with Gasteiger partial charge in [-0.1, -0.05) is 42.5 Å². The number of ketones is 1. The van der Waals surface area contributed by atoms with Crippen LogP contribution in [0.4, 0.5) is 4.79 Å². The Bertz CT molecular complexity index is 745. The number of carbonyl (C=O) groups is 2. The summed E-state index contributed by atoms with van der Waals surface area (Å²) in [5.74, 6) is -0.529. The van der Waals surface area contributed by atoms with E-state index in [0.717, 1.165) is 10.5 Å². The van der Waals surface area contributed by atoms with Crippen molar-refractivity contribution in [3.05, 3.63) is 72.1 Å². The molecule has 2 rings (SSSR count). The number of carbonyl (C=O) groups excluding carboxylic acids is 3. The Morgan fingerprint density at radius 3 is 2.52 bits per heavy atom. The summed E-state index contributed by atoms with van der Waals surface area (Å²) < 4.78 is 0. The molecular formula is C19H18N3O3. The predicted octanol–water partition coefficient (Wildman–Crippen LogP) is 1.98. The molecule has 25 heavy (non-hydrogen) atoms. The largest absolute Gasteiger partial charge is 0.341 e. The van der Waals surface area contributed by atoms with Crippen molar-refractivity contribution in [2.24, 2.45) is 0 Å². The molecule has 1 unspecified atom stereocenters. The Morgan fingerprint density at radius 1 is 1.20 bits per heavy atom. The molecule has 0 aliphatic heterocycles. The molecule has 1 radical (unpaired) electrons. The van der Waals surface area contributed by atoms with Crippen LogP contribution in [-0.2, 0) is 16.1 Å². The van der Waals surface area contributed by atoms with Gasteiger partial charge in [0.05, 0.1) is 12.2 Å². The van der Waals surface area contributed by atoms with Gasteiger partial charge < -0.3 is 10.2 Å². The van der Waals surface area contributed by atoms with Gasteiger partial charge in [0.1, 0.15) is 0 Å². The van der Waals surface area contributed by atoms with Gasteiger partial charge in [0.15, 0.2) is 11.8 Å². The summed E-state index contributed by atoms with van der Waals surface area (Å²) >= 11 is 0. The minimum atomic E-state index is -1.35. The van der Waals surface area contributed by atoms with E-state index in [9.17, 15) is 14.4 Å². The summed E-state index contributed by atoms with van der Waals surface area (Å²) in [5.41, 5.74) is 1.38. The zero-order valence-corrected chi connectivity index (χ0v) is 13.8. The van der Waals surface area contributed by atoms with E-state index >= 15 is 0 Å². The summed E-state index contributed by atoms with van der Waals surface area (Å²) in [4.78, 5) is 41.2. The van der Waals surface area contributed by atoms with Crippen molar-refractivity contribution in [1.82, 2.24) is 15.2 Å². The Hall–Kier alpha value is -3.28. The standard InChI is InChI=1S/C19H18N3O3/c1-20-19(25)22(13-16-9-5-6-12-21-16)17(14-23)18(24)11-10-15-7-3-2-4-8-15/h2-12,17H,13H2,1H3,(H,20,25). The zero-order valence-electron chi connectivity index (χ0n) is 13.8. The van der Waals surface area contributed by atoms with Crippen LogP contribution < -0.4 is 5.32 Å². The van der Waals surface area contributed by atoms with Crippen molar-refractivity contribution >= 4 is 24.2 Å². The summed E-state index contributed by atoms with van der Waals surface area (Å²) in [7, 11) is 1.43. The molecule has 0 saturated heterocycles. The number of rotatable bonds is 7. The minimum absolute atomic E-state index is 0.0192. The van der Waals surface area contributed by atoms with Crippen LogP contribution in [0.5, 0.6) is 0 Å². The van der Waals surface area contributed by atoms with Gasteiger partial charge in [0.25, 0.3) is 0 Å². The first kappa shape index (κ1) is 18.1. The van der Waals surface area contributed by atoms with Crippen molar-refractivity contribution in [3.63, 3.8) is 0 Å². The summed E-state index contributed by atoms with van der Waals surface area (Å²) in [6.45, 7) is 0.0192. The van der Waals surface area contributed by atoms with Gasteiger partial charge in [-0.25, -0.2) is 4.79 Å². The van der Waals surface area contributed by atoms with Gasteiger partial charge in [-0.15, -0.1) is 0 Å². The zero-order chi connectivity index (χ0) is 18.1. The fraction of sp³-hybridized carbons (Fsp3) is 0.158. The van der Waals surface area contributed by atoms with Crippen molar-refractivity contribution in [2.75, 3.05) is 7.05 Å². The number of hydrogen-bond donors (Lipinski definition) is 1.